The van der Waals surface area contributed by atoms with Gasteiger partial charge in [0.2, 0.25) is 5.75 Å². The van der Waals surface area contributed by atoms with Crippen LogP contribution in [0.25, 0.3) is 0 Å². The van der Waals surface area contributed by atoms with E-state index in [0.29, 0.717) is 5.69 Å². The van der Waals surface area contributed by atoms with E-state index in [9.17, 15) is 20.3 Å². The van der Waals surface area contributed by atoms with Gasteiger partial charge in [-0.25, -0.2) is 0 Å². The molecule has 0 aliphatic heterocycles. The number of aliphatic imine (C=N–C) groups is 1. The van der Waals surface area contributed by atoms with Crippen molar-refractivity contribution in [3.8, 4) is 11.5 Å². The predicted molar refractivity (Wildman–Crippen MR) is 70.1 cm³/mol. The SMILES string of the molecule is O=[N+]([O-])c1cccc(C=Nc2cccc(O)c2)c1O. The molecule has 0 amide bonds. The van der Waals surface area contributed by atoms with Gasteiger partial charge in [-0.3, -0.25) is 15.1 Å². The number of phenolic OH excluding ortho intramolecular Hbond substituents is 2. The van der Waals surface area contributed by atoms with Crippen molar-refractivity contribution >= 4 is 17.6 Å². The standard InChI is InChI=1S/C13H10N2O4/c16-11-5-2-4-10(7-11)14-8-9-3-1-6-12(13(9)17)15(18)19/h1-8,16-17H. The number of phenols is 2. The first-order valence-electron chi connectivity index (χ1n) is 5.37. The Morgan fingerprint density at radius 3 is 2.58 bits per heavy atom. The van der Waals surface area contributed by atoms with Gasteiger partial charge >= 0.3 is 5.69 Å². The van der Waals surface area contributed by atoms with E-state index in [-0.39, 0.29) is 17.0 Å². The predicted octanol–water partition coefficient (Wildman–Crippen LogP) is 2.76. The van der Waals surface area contributed by atoms with Crippen molar-refractivity contribution in [3.05, 3.63) is 58.1 Å². The second-order valence-corrected chi connectivity index (χ2v) is 3.75. The number of para-hydroxylation sites is 1. The molecule has 96 valence electrons. The van der Waals surface area contributed by atoms with Crippen molar-refractivity contribution in [2.75, 3.05) is 0 Å². The summed E-state index contributed by atoms with van der Waals surface area (Å²) in [7, 11) is 0. The first-order chi connectivity index (χ1) is 9.08. The average Bonchev–Trinajstić information content (AvgIpc) is 2.37. The fraction of sp³-hybridized carbons (Fsp3) is 0. The van der Waals surface area contributed by atoms with E-state index in [1.54, 1.807) is 12.1 Å². The lowest BCUT2D eigenvalue weighted by atomic mass is 10.2. The largest absolute Gasteiger partial charge is 0.508 e. The van der Waals surface area contributed by atoms with Crippen LogP contribution in [-0.2, 0) is 0 Å². The molecule has 2 rings (SSSR count). The van der Waals surface area contributed by atoms with Crippen LogP contribution in [0, 0.1) is 10.1 Å². The molecule has 0 aliphatic rings. The Kier molecular flexibility index (Phi) is 3.42. The van der Waals surface area contributed by atoms with Crippen LogP contribution < -0.4 is 0 Å². The van der Waals surface area contributed by atoms with Crippen molar-refractivity contribution in [1.29, 1.82) is 0 Å². The highest BCUT2D eigenvalue weighted by Crippen LogP contribution is 2.28. The summed E-state index contributed by atoms with van der Waals surface area (Å²) >= 11 is 0. The van der Waals surface area contributed by atoms with Crippen LogP contribution in [0.1, 0.15) is 5.56 Å². The van der Waals surface area contributed by atoms with Gasteiger partial charge in [-0.15, -0.1) is 0 Å². The molecule has 0 saturated heterocycles. The molecule has 2 aromatic rings. The first-order valence-corrected chi connectivity index (χ1v) is 5.37. The van der Waals surface area contributed by atoms with Crippen LogP contribution in [-0.4, -0.2) is 21.4 Å². The van der Waals surface area contributed by atoms with E-state index in [1.165, 1.54) is 36.5 Å². The summed E-state index contributed by atoms with van der Waals surface area (Å²) in [6, 6.07) is 10.4. The molecule has 0 unspecified atom stereocenters. The fourth-order valence-corrected chi connectivity index (χ4v) is 1.52. The van der Waals surface area contributed by atoms with Gasteiger partial charge < -0.3 is 10.2 Å². The summed E-state index contributed by atoms with van der Waals surface area (Å²) in [5.41, 5.74) is 0.336. The summed E-state index contributed by atoms with van der Waals surface area (Å²) in [5.74, 6) is -0.366. The molecule has 0 atom stereocenters. The highest BCUT2D eigenvalue weighted by atomic mass is 16.6. The summed E-state index contributed by atoms with van der Waals surface area (Å²) in [5, 5.41) is 29.6. The lowest BCUT2D eigenvalue weighted by molar-refractivity contribution is -0.385. The molecular formula is C13H10N2O4. The summed E-state index contributed by atoms with van der Waals surface area (Å²) in [6.07, 6.45) is 1.30. The van der Waals surface area contributed by atoms with Gasteiger partial charge in [-0.05, 0) is 18.2 Å². The summed E-state index contributed by atoms with van der Waals surface area (Å²) < 4.78 is 0. The Morgan fingerprint density at radius 2 is 1.89 bits per heavy atom. The fourth-order valence-electron chi connectivity index (χ4n) is 1.52. The highest BCUT2D eigenvalue weighted by molar-refractivity contribution is 5.87. The molecule has 0 aliphatic carbocycles. The number of nitro benzene ring substituents is 1. The average molecular weight is 258 g/mol. The summed E-state index contributed by atoms with van der Waals surface area (Å²) in [6.45, 7) is 0. The van der Waals surface area contributed by atoms with Crippen molar-refractivity contribution < 1.29 is 15.1 Å². The molecule has 2 aromatic carbocycles. The van der Waals surface area contributed by atoms with E-state index in [2.05, 4.69) is 4.99 Å². The molecule has 0 saturated carbocycles. The van der Waals surface area contributed by atoms with Gasteiger partial charge in [-0.2, -0.15) is 0 Å². The van der Waals surface area contributed by atoms with E-state index < -0.39 is 10.7 Å². The maximum atomic E-state index is 10.7. The van der Waals surface area contributed by atoms with E-state index >= 15 is 0 Å². The zero-order valence-corrected chi connectivity index (χ0v) is 9.72. The molecule has 2 N–H and O–H groups in total. The minimum atomic E-state index is -0.666. The van der Waals surface area contributed by atoms with Crippen LogP contribution in [0.15, 0.2) is 47.5 Å². The molecule has 0 bridgehead atoms. The Balaban J connectivity index is 2.34. The Labute approximate surface area is 108 Å². The van der Waals surface area contributed by atoms with Crippen LogP contribution in [0.2, 0.25) is 0 Å². The minimum absolute atomic E-state index is 0.0675. The number of hydrogen-bond acceptors (Lipinski definition) is 5. The topological polar surface area (TPSA) is 96.0 Å². The van der Waals surface area contributed by atoms with E-state index in [0.717, 1.165) is 0 Å². The van der Waals surface area contributed by atoms with Gasteiger partial charge in [0.15, 0.2) is 0 Å². The van der Waals surface area contributed by atoms with Crippen molar-refractivity contribution in [3.63, 3.8) is 0 Å². The molecule has 19 heavy (non-hydrogen) atoms. The third kappa shape index (κ3) is 2.86. The quantitative estimate of drug-likeness (QED) is 0.502. The van der Waals surface area contributed by atoms with Crippen LogP contribution in [0.5, 0.6) is 11.5 Å². The normalized spacial score (nSPS) is 10.7. The lowest BCUT2D eigenvalue weighted by Crippen LogP contribution is -1.91. The zero-order chi connectivity index (χ0) is 13.8. The first kappa shape index (κ1) is 12.6. The molecule has 0 spiro atoms. The third-order valence-corrected chi connectivity index (χ3v) is 2.43. The van der Waals surface area contributed by atoms with Crippen molar-refractivity contribution in [2.24, 2.45) is 4.99 Å². The third-order valence-electron chi connectivity index (χ3n) is 2.43. The Hall–Kier alpha value is -2.89. The maximum absolute atomic E-state index is 10.7. The molecule has 6 nitrogen and oxygen atoms in total. The lowest BCUT2D eigenvalue weighted by Gasteiger charge is -1.99. The minimum Gasteiger partial charge on any atom is -0.508 e. The smallest absolute Gasteiger partial charge is 0.311 e. The molecule has 0 heterocycles. The Bertz CT molecular complexity index is 653. The van der Waals surface area contributed by atoms with Gasteiger partial charge in [0.25, 0.3) is 0 Å². The van der Waals surface area contributed by atoms with Crippen LogP contribution >= 0.6 is 0 Å². The maximum Gasteiger partial charge on any atom is 0.311 e. The second kappa shape index (κ2) is 5.18. The van der Waals surface area contributed by atoms with Gasteiger partial charge in [0.1, 0.15) is 5.75 Å². The monoisotopic (exact) mass is 258 g/mol. The highest BCUT2D eigenvalue weighted by Gasteiger charge is 2.14. The molecular weight excluding hydrogens is 248 g/mol. The van der Waals surface area contributed by atoms with E-state index in [4.69, 9.17) is 0 Å². The van der Waals surface area contributed by atoms with Gasteiger partial charge in [0.05, 0.1) is 10.6 Å². The molecule has 0 radical (unpaired) electrons. The number of rotatable bonds is 3. The van der Waals surface area contributed by atoms with Gasteiger partial charge in [0, 0.05) is 23.9 Å². The second-order valence-electron chi connectivity index (χ2n) is 3.75. The number of hydrogen-bond donors (Lipinski definition) is 2. The molecule has 0 aromatic heterocycles. The van der Waals surface area contributed by atoms with Crippen molar-refractivity contribution in [2.45, 2.75) is 0 Å². The van der Waals surface area contributed by atoms with E-state index in [1.807, 2.05) is 0 Å². The molecule has 6 heteroatoms. The van der Waals surface area contributed by atoms with Crippen LogP contribution in [0.3, 0.4) is 0 Å². The number of nitrogens with zero attached hydrogens (tertiary/aromatic N) is 2. The van der Waals surface area contributed by atoms with Crippen LogP contribution in [0.4, 0.5) is 11.4 Å². The summed E-state index contributed by atoms with van der Waals surface area (Å²) in [4.78, 5) is 14.0. The van der Waals surface area contributed by atoms with Crippen molar-refractivity contribution in [1.82, 2.24) is 0 Å². The number of nitro groups is 1. The van der Waals surface area contributed by atoms with Gasteiger partial charge in [-0.1, -0.05) is 12.1 Å². The zero-order valence-electron chi connectivity index (χ0n) is 9.72. The Morgan fingerprint density at radius 1 is 1.16 bits per heavy atom. The number of aromatic hydroxyl groups is 2. The number of benzene rings is 2. The molecule has 0 fully saturated rings.